The van der Waals surface area contributed by atoms with Crippen molar-refractivity contribution in [2.24, 2.45) is 0 Å². The molecule has 6 nitrogen and oxygen atoms in total. The number of rotatable bonds is 8. The molecule has 1 N–H and O–H groups in total. The molecule has 0 aliphatic carbocycles. The minimum absolute atomic E-state index is 0.0161. The number of aliphatic hydroxyl groups excluding tert-OH is 1. The van der Waals surface area contributed by atoms with E-state index in [0.29, 0.717) is 36.5 Å². The molecular formula is C24H26FNO5. The Morgan fingerprint density at radius 2 is 1.87 bits per heavy atom. The predicted molar refractivity (Wildman–Crippen MR) is 114 cm³/mol. The van der Waals surface area contributed by atoms with E-state index in [0.717, 1.165) is 0 Å². The van der Waals surface area contributed by atoms with Gasteiger partial charge in [-0.1, -0.05) is 12.1 Å². The zero-order chi connectivity index (χ0) is 22.5. The van der Waals surface area contributed by atoms with Gasteiger partial charge in [0.1, 0.15) is 17.3 Å². The molecule has 0 bridgehead atoms. The molecule has 1 saturated heterocycles. The van der Waals surface area contributed by atoms with Crippen LogP contribution < -0.4 is 4.74 Å². The Morgan fingerprint density at radius 3 is 2.48 bits per heavy atom. The summed E-state index contributed by atoms with van der Waals surface area (Å²) < 4.78 is 24.3. The molecule has 3 rings (SSSR count). The van der Waals surface area contributed by atoms with Crippen molar-refractivity contribution in [3.05, 3.63) is 70.5 Å². The lowest BCUT2D eigenvalue weighted by Gasteiger charge is -2.25. The number of ketones is 1. The average molecular weight is 427 g/mol. The molecule has 1 heterocycles. The van der Waals surface area contributed by atoms with Crippen molar-refractivity contribution in [2.75, 3.05) is 26.9 Å². The van der Waals surface area contributed by atoms with Crippen molar-refractivity contribution in [3.63, 3.8) is 0 Å². The number of carbonyl (C=O) groups excluding carboxylic acids is 2. The maximum Gasteiger partial charge on any atom is 0.295 e. The lowest BCUT2D eigenvalue weighted by molar-refractivity contribution is -0.140. The van der Waals surface area contributed by atoms with Crippen LogP contribution in [0.15, 0.2) is 48.0 Å². The van der Waals surface area contributed by atoms with Crippen LogP contribution in [-0.4, -0.2) is 48.6 Å². The lowest BCUT2D eigenvalue weighted by Crippen LogP contribution is -2.31. The Hall–Kier alpha value is -3.19. The van der Waals surface area contributed by atoms with Crippen LogP contribution in [0.1, 0.15) is 36.1 Å². The average Bonchev–Trinajstić information content (AvgIpc) is 3.01. The molecule has 0 saturated carbocycles. The van der Waals surface area contributed by atoms with Gasteiger partial charge in [0.2, 0.25) is 0 Å². The molecular weight excluding hydrogens is 401 g/mol. The molecule has 2 aromatic rings. The number of nitrogens with zero attached hydrogens (tertiary/aromatic N) is 1. The third-order valence-corrected chi connectivity index (χ3v) is 5.23. The van der Waals surface area contributed by atoms with Crippen LogP contribution in [0.4, 0.5) is 4.39 Å². The van der Waals surface area contributed by atoms with Crippen molar-refractivity contribution in [2.45, 2.75) is 26.3 Å². The van der Waals surface area contributed by atoms with Gasteiger partial charge in [0.25, 0.3) is 11.7 Å². The number of likely N-dealkylation sites (tertiary alicyclic amines) is 1. The molecule has 0 spiro atoms. The minimum Gasteiger partial charge on any atom is -0.507 e. The first-order valence-electron chi connectivity index (χ1n) is 10.2. The second kappa shape index (κ2) is 9.75. The smallest absolute Gasteiger partial charge is 0.295 e. The van der Waals surface area contributed by atoms with Gasteiger partial charge in [0.05, 0.1) is 18.2 Å². The van der Waals surface area contributed by atoms with Gasteiger partial charge >= 0.3 is 0 Å². The molecule has 1 aliphatic heterocycles. The van der Waals surface area contributed by atoms with Crippen molar-refractivity contribution >= 4 is 17.4 Å². The highest BCUT2D eigenvalue weighted by molar-refractivity contribution is 6.46. The van der Waals surface area contributed by atoms with Gasteiger partial charge in [-0.25, -0.2) is 4.39 Å². The summed E-state index contributed by atoms with van der Waals surface area (Å²) in [5.74, 6) is -1.53. The van der Waals surface area contributed by atoms with Crippen LogP contribution in [0.25, 0.3) is 5.76 Å². The number of methoxy groups -OCH3 is 1. The number of carbonyl (C=O) groups is 2. The van der Waals surface area contributed by atoms with E-state index in [1.165, 1.54) is 23.1 Å². The van der Waals surface area contributed by atoms with Crippen molar-refractivity contribution < 1.29 is 28.6 Å². The predicted octanol–water partition coefficient (Wildman–Crippen LogP) is 3.99. The van der Waals surface area contributed by atoms with Gasteiger partial charge in [-0.05, 0) is 61.7 Å². The molecule has 1 unspecified atom stereocenters. The highest BCUT2D eigenvalue weighted by Crippen LogP contribution is 2.40. The van der Waals surface area contributed by atoms with E-state index in [2.05, 4.69) is 0 Å². The van der Waals surface area contributed by atoms with E-state index >= 15 is 0 Å². The summed E-state index contributed by atoms with van der Waals surface area (Å²) in [4.78, 5) is 27.2. The fourth-order valence-electron chi connectivity index (χ4n) is 3.70. The number of halogens is 1. The topological polar surface area (TPSA) is 76.1 Å². The van der Waals surface area contributed by atoms with Gasteiger partial charge in [-0.15, -0.1) is 0 Å². The zero-order valence-corrected chi connectivity index (χ0v) is 17.9. The molecule has 31 heavy (non-hydrogen) atoms. The summed E-state index contributed by atoms with van der Waals surface area (Å²) in [5.41, 5.74) is 1.26. The van der Waals surface area contributed by atoms with E-state index in [1.54, 1.807) is 38.3 Å². The molecule has 1 amide bonds. The minimum atomic E-state index is -0.768. The molecule has 7 heteroatoms. The molecule has 1 atom stereocenters. The molecule has 1 aliphatic rings. The van der Waals surface area contributed by atoms with Crippen LogP contribution in [-0.2, 0) is 14.3 Å². The van der Waals surface area contributed by atoms with Crippen LogP contribution in [0, 0.1) is 12.7 Å². The third-order valence-electron chi connectivity index (χ3n) is 5.23. The first-order chi connectivity index (χ1) is 14.9. The monoisotopic (exact) mass is 427 g/mol. The van der Waals surface area contributed by atoms with Crippen LogP contribution >= 0.6 is 0 Å². The Kier molecular flexibility index (Phi) is 7.07. The number of benzene rings is 2. The fourth-order valence-corrected chi connectivity index (χ4v) is 3.70. The van der Waals surface area contributed by atoms with Gasteiger partial charge in [-0.3, -0.25) is 9.59 Å². The molecule has 0 radical (unpaired) electrons. The Bertz CT molecular complexity index is 1000. The number of aliphatic hydroxyl groups is 1. The van der Waals surface area contributed by atoms with E-state index in [4.69, 9.17) is 9.47 Å². The lowest BCUT2D eigenvalue weighted by atomic mass is 9.94. The number of ether oxygens (including phenoxy) is 2. The zero-order valence-electron chi connectivity index (χ0n) is 17.9. The SMILES string of the molecule is CCOc1ccc(C2/C(=C(/O)c3ccc(F)c(C)c3)C(=O)C(=O)N2CCCOC)cc1. The quantitative estimate of drug-likeness (QED) is 0.298. The highest BCUT2D eigenvalue weighted by Gasteiger charge is 2.45. The van der Waals surface area contributed by atoms with E-state index in [1.807, 2.05) is 6.92 Å². The van der Waals surface area contributed by atoms with Crippen molar-refractivity contribution in [1.82, 2.24) is 4.90 Å². The Morgan fingerprint density at radius 1 is 1.16 bits per heavy atom. The standard InChI is InChI=1S/C24H26FNO5/c1-4-31-18-9-6-16(7-10-18)21-20(22(27)17-8-11-19(25)15(2)14-17)23(28)24(29)26(21)12-5-13-30-3/h6-11,14,21,27H,4-5,12-13H2,1-3H3/b22-20-. The molecule has 2 aromatic carbocycles. The van der Waals surface area contributed by atoms with Crippen molar-refractivity contribution in [1.29, 1.82) is 0 Å². The normalized spacial score (nSPS) is 17.9. The number of Topliss-reactive ketones (excluding diaryl/α,β-unsaturated/α-hetero) is 1. The first-order valence-corrected chi connectivity index (χ1v) is 10.2. The summed E-state index contributed by atoms with van der Waals surface area (Å²) in [5, 5.41) is 11.0. The number of hydrogen-bond donors (Lipinski definition) is 1. The van der Waals surface area contributed by atoms with E-state index < -0.39 is 23.5 Å². The summed E-state index contributed by atoms with van der Waals surface area (Å²) >= 11 is 0. The summed E-state index contributed by atoms with van der Waals surface area (Å²) in [7, 11) is 1.56. The largest absolute Gasteiger partial charge is 0.507 e. The number of amides is 1. The van der Waals surface area contributed by atoms with E-state index in [-0.39, 0.29) is 23.4 Å². The number of aryl methyl sites for hydroxylation is 1. The van der Waals surface area contributed by atoms with Crippen LogP contribution in [0.2, 0.25) is 0 Å². The molecule has 0 aromatic heterocycles. The van der Waals surface area contributed by atoms with Crippen molar-refractivity contribution in [3.8, 4) is 5.75 Å². The molecule has 164 valence electrons. The summed E-state index contributed by atoms with van der Waals surface area (Å²) in [6.07, 6.45) is 0.534. The van der Waals surface area contributed by atoms with E-state index in [9.17, 15) is 19.1 Å². The van der Waals surface area contributed by atoms with Gasteiger partial charge < -0.3 is 19.5 Å². The highest BCUT2D eigenvalue weighted by atomic mass is 19.1. The first kappa shape index (κ1) is 22.5. The third kappa shape index (κ3) is 4.61. The Balaban J connectivity index is 2.10. The maximum absolute atomic E-state index is 13.7. The second-order valence-electron chi connectivity index (χ2n) is 7.30. The molecule has 1 fully saturated rings. The number of hydrogen-bond acceptors (Lipinski definition) is 5. The van der Waals surface area contributed by atoms with Gasteiger partial charge in [0, 0.05) is 25.8 Å². The van der Waals surface area contributed by atoms with Gasteiger partial charge in [-0.2, -0.15) is 0 Å². The Labute approximate surface area is 180 Å². The summed E-state index contributed by atoms with van der Waals surface area (Å²) in [6, 6.07) is 10.4. The van der Waals surface area contributed by atoms with Gasteiger partial charge in [0.15, 0.2) is 0 Å². The van der Waals surface area contributed by atoms with Crippen LogP contribution in [0.5, 0.6) is 5.75 Å². The summed E-state index contributed by atoms with van der Waals surface area (Å²) in [6.45, 7) is 4.67. The second-order valence-corrected chi connectivity index (χ2v) is 7.30. The van der Waals surface area contributed by atoms with Crippen LogP contribution in [0.3, 0.4) is 0 Å². The fraction of sp³-hybridized carbons (Fsp3) is 0.333. The maximum atomic E-state index is 13.7.